The smallest absolute Gasteiger partial charge is 0.0762 e. The molecule has 100 valence electrons. The minimum atomic E-state index is 0. The second kappa shape index (κ2) is 6.56. The maximum Gasteiger partial charge on any atom is 0.0762 e. The Kier molecular flexibility index (Phi) is 5.37. The Morgan fingerprint density at radius 3 is 2.61 bits per heavy atom. The second-order valence-electron chi connectivity index (χ2n) is 4.18. The summed E-state index contributed by atoms with van der Waals surface area (Å²) in [5, 5.41) is 12.1. The normalized spacial score (nSPS) is 10.4. The van der Waals surface area contributed by atoms with Gasteiger partial charge < -0.3 is 5.32 Å². The molecule has 5 nitrogen and oxygen atoms in total. The summed E-state index contributed by atoms with van der Waals surface area (Å²) < 4.78 is 3.78. The van der Waals surface area contributed by atoms with E-state index in [9.17, 15) is 0 Å². The van der Waals surface area contributed by atoms with Crippen LogP contribution in [0.5, 0.6) is 0 Å². The van der Waals surface area contributed by atoms with Crippen LogP contribution in [0.1, 0.15) is 23.9 Å². The van der Waals surface area contributed by atoms with Crippen molar-refractivity contribution in [3.63, 3.8) is 0 Å². The van der Waals surface area contributed by atoms with Crippen molar-refractivity contribution in [2.75, 3.05) is 0 Å². The molecule has 0 amide bonds. The summed E-state index contributed by atoms with van der Waals surface area (Å²) in [7, 11) is 1.94. The van der Waals surface area contributed by atoms with Gasteiger partial charge in [0.2, 0.25) is 0 Å². The summed E-state index contributed by atoms with van der Waals surface area (Å²) in [6.45, 7) is 6.66. The van der Waals surface area contributed by atoms with E-state index in [-0.39, 0.29) is 12.4 Å². The van der Waals surface area contributed by atoms with Crippen molar-refractivity contribution >= 4 is 12.4 Å². The van der Waals surface area contributed by atoms with Crippen LogP contribution in [0.4, 0.5) is 0 Å². The lowest BCUT2D eigenvalue weighted by Gasteiger charge is -2.01. The molecule has 2 aromatic heterocycles. The van der Waals surface area contributed by atoms with Crippen molar-refractivity contribution in [2.24, 2.45) is 7.05 Å². The predicted molar refractivity (Wildman–Crippen MR) is 73.6 cm³/mol. The Balaban J connectivity index is 0.00000162. The fourth-order valence-corrected chi connectivity index (χ4v) is 1.82. The highest BCUT2D eigenvalue weighted by atomic mass is 35.5. The number of aryl methyl sites for hydroxylation is 3. The van der Waals surface area contributed by atoms with Gasteiger partial charge in [0.05, 0.1) is 11.4 Å². The molecular weight excluding hydrogens is 250 g/mol. The molecule has 0 saturated heterocycles. The quantitative estimate of drug-likeness (QED) is 0.898. The molecule has 0 saturated carbocycles. The van der Waals surface area contributed by atoms with Crippen molar-refractivity contribution < 1.29 is 0 Å². The molecule has 0 aliphatic rings. The zero-order valence-electron chi connectivity index (χ0n) is 11.1. The molecule has 2 aromatic rings. The summed E-state index contributed by atoms with van der Waals surface area (Å²) in [5.74, 6) is 0. The second-order valence-corrected chi connectivity index (χ2v) is 4.18. The minimum Gasteiger partial charge on any atom is -0.307 e. The van der Waals surface area contributed by atoms with E-state index in [0.717, 1.165) is 31.0 Å². The molecule has 0 aliphatic carbocycles. The Labute approximate surface area is 114 Å². The average molecular weight is 270 g/mol. The number of nitrogens with zero attached hydrogens (tertiary/aromatic N) is 4. The lowest BCUT2D eigenvalue weighted by Crippen LogP contribution is -2.13. The standard InChI is InChI=1S/C12H19N5.ClH/c1-4-17-6-5-12(15-17)8-13-7-11-9-16(3)14-10(11)2;/h5-6,9,13H,4,7-8H2,1-3H3;1H. The van der Waals surface area contributed by atoms with Crippen molar-refractivity contribution in [3.05, 3.63) is 35.4 Å². The summed E-state index contributed by atoms with van der Waals surface area (Å²) >= 11 is 0. The monoisotopic (exact) mass is 269 g/mol. The van der Waals surface area contributed by atoms with Gasteiger partial charge in [-0.2, -0.15) is 10.2 Å². The minimum absolute atomic E-state index is 0. The van der Waals surface area contributed by atoms with Crippen molar-refractivity contribution in [3.8, 4) is 0 Å². The van der Waals surface area contributed by atoms with E-state index < -0.39 is 0 Å². The van der Waals surface area contributed by atoms with Crippen LogP contribution in [0, 0.1) is 6.92 Å². The summed E-state index contributed by atoms with van der Waals surface area (Å²) in [6, 6.07) is 2.05. The number of nitrogens with one attached hydrogen (secondary N) is 1. The van der Waals surface area contributed by atoms with Gasteiger partial charge in [-0.05, 0) is 19.9 Å². The van der Waals surface area contributed by atoms with Gasteiger partial charge in [0.25, 0.3) is 0 Å². The van der Waals surface area contributed by atoms with Crippen LogP contribution < -0.4 is 5.32 Å². The molecule has 0 aliphatic heterocycles. The lowest BCUT2D eigenvalue weighted by atomic mass is 10.2. The molecule has 18 heavy (non-hydrogen) atoms. The largest absolute Gasteiger partial charge is 0.307 e. The molecule has 0 aromatic carbocycles. The van der Waals surface area contributed by atoms with E-state index in [0.29, 0.717) is 0 Å². The Morgan fingerprint density at radius 1 is 1.28 bits per heavy atom. The zero-order valence-corrected chi connectivity index (χ0v) is 11.9. The molecule has 1 N–H and O–H groups in total. The maximum absolute atomic E-state index is 4.42. The number of halogens is 1. The highest BCUT2D eigenvalue weighted by Gasteiger charge is 2.03. The predicted octanol–water partition coefficient (Wildman–Crippen LogP) is 1.66. The van der Waals surface area contributed by atoms with Gasteiger partial charge in [-0.15, -0.1) is 12.4 Å². The third-order valence-corrected chi connectivity index (χ3v) is 2.76. The van der Waals surface area contributed by atoms with Gasteiger partial charge >= 0.3 is 0 Å². The number of hydrogen-bond donors (Lipinski definition) is 1. The Bertz CT molecular complexity index is 488. The fourth-order valence-electron chi connectivity index (χ4n) is 1.82. The number of rotatable bonds is 5. The summed E-state index contributed by atoms with van der Waals surface area (Å²) in [6.07, 6.45) is 4.05. The fraction of sp³-hybridized carbons (Fsp3) is 0.500. The first-order valence-corrected chi connectivity index (χ1v) is 5.91. The number of hydrogen-bond acceptors (Lipinski definition) is 3. The van der Waals surface area contributed by atoms with E-state index in [1.807, 2.05) is 41.8 Å². The van der Waals surface area contributed by atoms with E-state index in [4.69, 9.17) is 0 Å². The van der Waals surface area contributed by atoms with Gasteiger partial charge in [0, 0.05) is 44.6 Å². The van der Waals surface area contributed by atoms with Crippen molar-refractivity contribution in [1.82, 2.24) is 24.9 Å². The lowest BCUT2D eigenvalue weighted by molar-refractivity contribution is 0.619. The average Bonchev–Trinajstić information content (AvgIpc) is 2.86. The van der Waals surface area contributed by atoms with Gasteiger partial charge in [-0.25, -0.2) is 0 Å². The van der Waals surface area contributed by atoms with E-state index >= 15 is 0 Å². The molecule has 0 unspecified atom stereocenters. The van der Waals surface area contributed by atoms with Crippen LogP contribution in [0.15, 0.2) is 18.5 Å². The highest BCUT2D eigenvalue weighted by molar-refractivity contribution is 5.85. The van der Waals surface area contributed by atoms with Gasteiger partial charge in [-0.3, -0.25) is 9.36 Å². The first-order chi connectivity index (χ1) is 8.19. The van der Waals surface area contributed by atoms with Gasteiger partial charge in [-0.1, -0.05) is 0 Å². The van der Waals surface area contributed by atoms with Gasteiger partial charge in [0.15, 0.2) is 0 Å². The van der Waals surface area contributed by atoms with Crippen LogP contribution in [0.25, 0.3) is 0 Å². The molecule has 0 radical (unpaired) electrons. The van der Waals surface area contributed by atoms with Crippen molar-refractivity contribution in [1.29, 1.82) is 0 Å². The molecule has 0 bridgehead atoms. The Hall–Kier alpha value is -1.33. The molecule has 0 spiro atoms. The molecule has 6 heteroatoms. The van der Waals surface area contributed by atoms with Crippen LogP contribution in [0.2, 0.25) is 0 Å². The molecule has 0 atom stereocenters. The van der Waals surface area contributed by atoms with Crippen LogP contribution in [-0.4, -0.2) is 19.6 Å². The van der Waals surface area contributed by atoms with Crippen molar-refractivity contribution in [2.45, 2.75) is 33.5 Å². The SMILES string of the molecule is CCn1ccc(CNCc2cn(C)nc2C)n1.Cl. The van der Waals surface area contributed by atoms with Gasteiger partial charge in [0.1, 0.15) is 0 Å². The highest BCUT2D eigenvalue weighted by Crippen LogP contribution is 2.04. The first-order valence-electron chi connectivity index (χ1n) is 5.91. The third-order valence-electron chi connectivity index (χ3n) is 2.76. The number of aromatic nitrogens is 4. The first kappa shape index (κ1) is 14.7. The molecule has 0 fully saturated rings. The maximum atomic E-state index is 4.42. The topological polar surface area (TPSA) is 47.7 Å². The summed E-state index contributed by atoms with van der Waals surface area (Å²) in [5.41, 5.74) is 3.40. The third kappa shape index (κ3) is 3.58. The van der Waals surface area contributed by atoms with E-state index in [1.54, 1.807) is 0 Å². The van der Waals surface area contributed by atoms with E-state index in [1.165, 1.54) is 5.56 Å². The Morgan fingerprint density at radius 2 is 2.06 bits per heavy atom. The molecule has 2 heterocycles. The van der Waals surface area contributed by atoms with E-state index in [2.05, 4.69) is 22.4 Å². The van der Waals surface area contributed by atoms with Crippen LogP contribution >= 0.6 is 12.4 Å². The van der Waals surface area contributed by atoms with Crippen LogP contribution in [0.3, 0.4) is 0 Å². The molecular formula is C12H20ClN5. The molecule has 2 rings (SSSR count). The summed E-state index contributed by atoms with van der Waals surface area (Å²) in [4.78, 5) is 0. The van der Waals surface area contributed by atoms with Crippen LogP contribution in [-0.2, 0) is 26.7 Å². The zero-order chi connectivity index (χ0) is 12.3.